The third-order valence-electron chi connectivity index (χ3n) is 2.90. The molecule has 1 aromatic rings. The van der Waals surface area contributed by atoms with Crippen LogP contribution in [0, 0.1) is 0 Å². The van der Waals surface area contributed by atoms with E-state index < -0.39 is 0 Å². The summed E-state index contributed by atoms with van der Waals surface area (Å²) >= 11 is 0. The van der Waals surface area contributed by atoms with Crippen LogP contribution in [0.5, 0.6) is 0 Å². The molecule has 2 N–H and O–H groups in total. The van der Waals surface area contributed by atoms with Gasteiger partial charge in [0.25, 0.3) is 0 Å². The fourth-order valence-corrected chi connectivity index (χ4v) is 1.90. The summed E-state index contributed by atoms with van der Waals surface area (Å²) in [6.07, 6.45) is 2.93. The van der Waals surface area contributed by atoms with Crippen LogP contribution in [0.4, 0.5) is 0 Å². The molecule has 100 valence electrons. The monoisotopic (exact) mass is 248 g/mol. The predicted octanol–water partition coefficient (Wildman–Crippen LogP) is 1.43. The second kappa shape index (κ2) is 8.86. The van der Waals surface area contributed by atoms with Gasteiger partial charge in [-0.05, 0) is 31.1 Å². The molecule has 0 saturated heterocycles. The molecule has 0 aliphatic heterocycles. The smallest absolute Gasteiger partial charge is 0.0558 e. The number of aliphatic hydroxyl groups excluding tert-OH is 1. The number of hydrogen-bond acceptors (Lipinski definition) is 3. The first-order chi connectivity index (χ1) is 8.80. The Bertz CT molecular complexity index is 335. The maximum atomic E-state index is 9.00. The van der Waals surface area contributed by atoms with E-state index >= 15 is 0 Å². The van der Waals surface area contributed by atoms with Crippen LogP contribution >= 0.6 is 0 Å². The maximum absolute atomic E-state index is 9.00. The van der Waals surface area contributed by atoms with Crippen molar-refractivity contribution in [1.29, 1.82) is 0 Å². The zero-order valence-electron chi connectivity index (χ0n) is 11.2. The van der Waals surface area contributed by atoms with E-state index in [4.69, 9.17) is 5.11 Å². The molecule has 0 aromatic heterocycles. The number of nitrogens with zero attached hydrogens (tertiary/aromatic N) is 1. The summed E-state index contributed by atoms with van der Waals surface area (Å²) in [6, 6.07) is 8.69. The van der Waals surface area contributed by atoms with Crippen molar-refractivity contribution in [2.75, 3.05) is 33.3 Å². The first-order valence-corrected chi connectivity index (χ1v) is 6.46. The van der Waals surface area contributed by atoms with Crippen LogP contribution in [0.15, 0.2) is 36.9 Å². The number of benzene rings is 1. The molecule has 0 atom stereocenters. The fourth-order valence-electron chi connectivity index (χ4n) is 1.90. The van der Waals surface area contributed by atoms with Crippen LogP contribution in [0.2, 0.25) is 0 Å². The van der Waals surface area contributed by atoms with Gasteiger partial charge >= 0.3 is 0 Å². The predicted molar refractivity (Wildman–Crippen MR) is 76.6 cm³/mol. The van der Waals surface area contributed by atoms with Crippen molar-refractivity contribution < 1.29 is 5.11 Å². The lowest BCUT2D eigenvalue weighted by Gasteiger charge is -2.19. The second-order valence-corrected chi connectivity index (χ2v) is 4.42. The number of aliphatic hydroxyl groups is 1. The van der Waals surface area contributed by atoms with Crippen molar-refractivity contribution in [3.05, 3.63) is 48.0 Å². The molecular formula is C15H24N2O. The summed E-state index contributed by atoms with van der Waals surface area (Å²) < 4.78 is 0. The van der Waals surface area contributed by atoms with Gasteiger partial charge in [-0.25, -0.2) is 0 Å². The van der Waals surface area contributed by atoms with Gasteiger partial charge in [0.15, 0.2) is 0 Å². The SMILES string of the molecule is C=CCN(CCO)Cc1ccc(CCNC)cc1. The van der Waals surface area contributed by atoms with Gasteiger partial charge in [-0.3, -0.25) is 4.90 Å². The van der Waals surface area contributed by atoms with Crippen molar-refractivity contribution >= 4 is 0 Å². The quantitative estimate of drug-likeness (QED) is 0.649. The van der Waals surface area contributed by atoms with Gasteiger partial charge in [-0.15, -0.1) is 6.58 Å². The molecule has 0 saturated carbocycles. The summed E-state index contributed by atoms with van der Waals surface area (Å²) in [7, 11) is 1.97. The van der Waals surface area contributed by atoms with Crippen LogP contribution < -0.4 is 5.32 Å². The Labute approximate surface area is 110 Å². The first kappa shape index (κ1) is 14.9. The van der Waals surface area contributed by atoms with Crippen LogP contribution in [-0.2, 0) is 13.0 Å². The molecular weight excluding hydrogens is 224 g/mol. The highest BCUT2D eigenvalue weighted by atomic mass is 16.3. The van der Waals surface area contributed by atoms with Crippen LogP contribution in [0.25, 0.3) is 0 Å². The second-order valence-electron chi connectivity index (χ2n) is 4.42. The molecule has 1 rings (SSSR count). The number of hydrogen-bond donors (Lipinski definition) is 2. The minimum absolute atomic E-state index is 0.189. The van der Waals surface area contributed by atoms with E-state index in [1.165, 1.54) is 11.1 Å². The Morgan fingerprint density at radius 3 is 2.50 bits per heavy atom. The number of likely N-dealkylation sites (N-methyl/N-ethyl adjacent to an activating group) is 1. The molecule has 0 aliphatic carbocycles. The Kier molecular flexibility index (Phi) is 7.34. The fraction of sp³-hybridized carbons (Fsp3) is 0.467. The zero-order valence-corrected chi connectivity index (χ0v) is 11.2. The Morgan fingerprint density at radius 2 is 1.94 bits per heavy atom. The lowest BCUT2D eigenvalue weighted by molar-refractivity contribution is 0.203. The number of nitrogens with one attached hydrogen (secondary N) is 1. The Hall–Kier alpha value is -1.16. The van der Waals surface area contributed by atoms with Crippen LogP contribution in [0.3, 0.4) is 0 Å². The molecule has 0 radical (unpaired) electrons. The van der Waals surface area contributed by atoms with E-state index in [0.717, 1.165) is 26.1 Å². The summed E-state index contributed by atoms with van der Waals surface area (Å²) in [4.78, 5) is 2.18. The van der Waals surface area contributed by atoms with Crippen LogP contribution in [-0.4, -0.2) is 43.3 Å². The third-order valence-corrected chi connectivity index (χ3v) is 2.90. The molecule has 18 heavy (non-hydrogen) atoms. The van der Waals surface area contributed by atoms with Gasteiger partial charge < -0.3 is 10.4 Å². The maximum Gasteiger partial charge on any atom is 0.0558 e. The van der Waals surface area contributed by atoms with Gasteiger partial charge in [0.1, 0.15) is 0 Å². The van der Waals surface area contributed by atoms with Gasteiger partial charge in [-0.2, -0.15) is 0 Å². The van der Waals surface area contributed by atoms with Gasteiger partial charge in [0, 0.05) is 19.6 Å². The largest absolute Gasteiger partial charge is 0.395 e. The van der Waals surface area contributed by atoms with Crippen molar-refractivity contribution in [2.24, 2.45) is 0 Å². The Balaban J connectivity index is 2.52. The van der Waals surface area contributed by atoms with E-state index in [2.05, 4.69) is 41.1 Å². The standard InChI is InChI=1S/C15H24N2O/c1-3-10-17(11-12-18)13-15-6-4-14(5-7-15)8-9-16-2/h3-7,16,18H,1,8-13H2,2H3. The van der Waals surface area contributed by atoms with Crippen molar-refractivity contribution in [3.63, 3.8) is 0 Å². The summed E-state index contributed by atoms with van der Waals surface area (Å²) in [6.45, 7) is 7.29. The topological polar surface area (TPSA) is 35.5 Å². The Morgan fingerprint density at radius 1 is 1.28 bits per heavy atom. The van der Waals surface area contributed by atoms with E-state index in [9.17, 15) is 0 Å². The summed E-state index contributed by atoms with van der Waals surface area (Å²) in [5, 5.41) is 12.1. The summed E-state index contributed by atoms with van der Waals surface area (Å²) in [5.41, 5.74) is 2.63. The van der Waals surface area contributed by atoms with Gasteiger partial charge in [-0.1, -0.05) is 30.3 Å². The van der Waals surface area contributed by atoms with E-state index in [0.29, 0.717) is 6.54 Å². The highest BCUT2D eigenvalue weighted by molar-refractivity contribution is 5.22. The highest BCUT2D eigenvalue weighted by Crippen LogP contribution is 2.08. The molecule has 3 heteroatoms. The van der Waals surface area contributed by atoms with E-state index in [1.807, 2.05) is 13.1 Å². The molecule has 0 heterocycles. The molecule has 3 nitrogen and oxygen atoms in total. The molecule has 0 unspecified atom stereocenters. The summed E-state index contributed by atoms with van der Waals surface area (Å²) in [5.74, 6) is 0. The van der Waals surface area contributed by atoms with Crippen molar-refractivity contribution in [3.8, 4) is 0 Å². The third kappa shape index (κ3) is 5.45. The molecule has 0 bridgehead atoms. The van der Waals surface area contributed by atoms with Gasteiger partial charge in [0.2, 0.25) is 0 Å². The zero-order chi connectivity index (χ0) is 13.2. The normalized spacial score (nSPS) is 10.8. The van der Waals surface area contributed by atoms with Crippen LogP contribution in [0.1, 0.15) is 11.1 Å². The lowest BCUT2D eigenvalue weighted by Crippen LogP contribution is -2.26. The minimum Gasteiger partial charge on any atom is -0.395 e. The number of rotatable bonds is 9. The highest BCUT2D eigenvalue weighted by Gasteiger charge is 2.03. The van der Waals surface area contributed by atoms with Crippen molar-refractivity contribution in [1.82, 2.24) is 10.2 Å². The van der Waals surface area contributed by atoms with Gasteiger partial charge in [0.05, 0.1) is 6.61 Å². The average Bonchev–Trinajstić information content (AvgIpc) is 2.38. The minimum atomic E-state index is 0.189. The lowest BCUT2D eigenvalue weighted by atomic mass is 10.1. The molecule has 0 spiro atoms. The van der Waals surface area contributed by atoms with Crippen molar-refractivity contribution in [2.45, 2.75) is 13.0 Å². The average molecular weight is 248 g/mol. The van der Waals surface area contributed by atoms with E-state index in [1.54, 1.807) is 0 Å². The molecule has 1 aromatic carbocycles. The van der Waals surface area contributed by atoms with E-state index in [-0.39, 0.29) is 6.61 Å². The molecule has 0 fully saturated rings. The molecule has 0 amide bonds. The molecule has 0 aliphatic rings. The first-order valence-electron chi connectivity index (χ1n) is 6.46.